The average molecular weight is 304 g/mol. The van der Waals surface area contributed by atoms with Crippen molar-refractivity contribution < 1.29 is 9.84 Å². The highest BCUT2D eigenvalue weighted by molar-refractivity contribution is 6.30. The SMILES string of the molecule is O[C@@H]1CN(Cc2ccccc2)C[C@@H]1Oc1cccc(Cl)c1. The zero-order chi connectivity index (χ0) is 14.7. The average Bonchev–Trinajstić information content (AvgIpc) is 2.80. The van der Waals surface area contributed by atoms with Gasteiger partial charge in [-0.3, -0.25) is 4.90 Å². The third kappa shape index (κ3) is 3.76. The number of rotatable bonds is 4. The molecule has 3 nitrogen and oxygen atoms in total. The topological polar surface area (TPSA) is 32.7 Å². The van der Waals surface area contributed by atoms with E-state index in [4.69, 9.17) is 16.3 Å². The Kier molecular flexibility index (Phi) is 4.44. The number of benzene rings is 2. The van der Waals surface area contributed by atoms with Crippen LogP contribution < -0.4 is 4.74 Å². The Hall–Kier alpha value is -1.55. The Bertz CT molecular complexity index is 590. The number of ether oxygens (including phenoxy) is 1. The highest BCUT2D eigenvalue weighted by Gasteiger charge is 2.32. The van der Waals surface area contributed by atoms with Gasteiger partial charge >= 0.3 is 0 Å². The van der Waals surface area contributed by atoms with Gasteiger partial charge in [0.25, 0.3) is 0 Å². The molecule has 21 heavy (non-hydrogen) atoms. The molecule has 0 aromatic heterocycles. The van der Waals surface area contributed by atoms with Gasteiger partial charge in [0.15, 0.2) is 0 Å². The first-order valence-corrected chi connectivity index (χ1v) is 7.45. The summed E-state index contributed by atoms with van der Waals surface area (Å²) >= 11 is 5.95. The summed E-state index contributed by atoms with van der Waals surface area (Å²) in [6, 6.07) is 17.5. The molecular weight excluding hydrogens is 286 g/mol. The Labute approximate surface area is 129 Å². The standard InChI is InChI=1S/C17H18ClNO2/c18-14-7-4-8-15(9-14)21-17-12-19(11-16(17)20)10-13-5-2-1-3-6-13/h1-9,16-17,20H,10-12H2/t16-,17+/m1/s1. The van der Waals surface area contributed by atoms with Crippen molar-refractivity contribution in [1.82, 2.24) is 4.90 Å². The number of hydrogen-bond donors (Lipinski definition) is 1. The Morgan fingerprint density at radius 2 is 1.90 bits per heavy atom. The first-order valence-electron chi connectivity index (χ1n) is 7.07. The van der Waals surface area contributed by atoms with Crippen molar-refractivity contribution in [2.75, 3.05) is 13.1 Å². The highest BCUT2D eigenvalue weighted by Crippen LogP contribution is 2.22. The number of β-amino-alcohol motifs (C(OH)–C–C–N with tert-alkyl or cyclic N) is 1. The van der Waals surface area contributed by atoms with Crippen LogP contribution in [-0.2, 0) is 6.54 Å². The van der Waals surface area contributed by atoms with Crippen LogP contribution in [0.2, 0.25) is 5.02 Å². The van der Waals surface area contributed by atoms with Crippen LogP contribution in [0.4, 0.5) is 0 Å². The maximum absolute atomic E-state index is 10.2. The van der Waals surface area contributed by atoms with Crippen molar-refractivity contribution in [1.29, 1.82) is 0 Å². The Balaban J connectivity index is 1.61. The monoisotopic (exact) mass is 303 g/mol. The van der Waals surface area contributed by atoms with E-state index in [1.807, 2.05) is 30.3 Å². The minimum atomic E-state index is -0.479. The molecule has 110 valence electrons. The van der Waals surface area contributed by atoms with E-state index < -0.39 is 6.10 Å². The molecule has 0 spiro atoms. The molecule has 1 N–H and O–H groups in total. The largest absolute Gasteiger partial charge is 0.486 e. The zero-order valence-corrected chi connectivity index (χ0v) is 12.4. The third-order valence-corrected chi connectivity index (χ3v) is 3.88. The van der Waals surface area contributed by atoms with Crippen molar-refractivity contribution in [2.24, 2.45) is 0 Å². The summed E-state index contributed by atoms with van der Waals surface area (Å²) in [4.78, 5) is 2.20. The lowest BCUT2D eigenvalue weighted by Crippen LogP contribution is -2.29. The molecule has 0 bridgehead atoms. The Morgan fingerprint density at radius 3 is 2.67 bits per heavy atom. The van der Waals surface area contributed by atoms with Gasteiger partial charge in [-0.2, -0.15) is 0 Å². The smallest absolute Gasteiger partial charge is 0.138 e. The van der Waals surface area contributed by atoms with Gasteiger partial charge in [0.05, 0.1) is 0 Å². The van der Waals surface area contributed by atoms with E-state index in [-0.39, 0.29) is 6.10 Å². The number of nitrogens with zero attached hydrogens (tertiary/aromatic N) is 1. The lowest BCUT2D eigenvalue weighted by Gasteiger charge is -2.17. The van der Waals surface area contributed by atoms with Crippen LogP contribution in [0.1, 0.15) is 5.56 Å². The van der Waals surface area contributed by atoms with Gasteiger partial charge in [0.2, 0.25) is 0 Å². The summed E-state index contributed by atoms with van der Waals surface area (Å²) in [5.74, 6) is 0.702. The maximum Gasteiger partial charge on any atom is 0.138 e. The van der Waals surface area contributed by atoms with Crippen LogP contribution in [0.5, 0.6) is 5.75 Å². The van der Waals surface area contributed by atoms with Crippen molar-refractivity contribution in [3.63, 3.8) is 0 Å². The first-order chi connectivity index (χ1) is 10.2. The zero-order valence-electron chi connectivity index (χ0n) is 11.7. The van der Waals surface area contributed by atoms with Crippen molar-refractivity contribution in [3.8, 4) is 5.75 Å². The van der Waals surface area contributed by atoms with Gasteiger partial charge in [0, 0.05) is 24.7 Å². The number of aliphatic hydroxyl groups is 1. The van der Waals surface area contributed by atoms with E-state index in [2.05, 4.69) is 17.0 Å². The number of likely N-dealkylation sites (tertiary alicyclic amines) is 1. The second-order valence-corrected chi connectivity index (χ2v) is 5.80. The molecule has 3 rings (SSSR count). The van der Waals surface area contributed by atoms with Gasteiger partial charge in [-0.1, -0.05) is 48.0 Å². The molecule has 1 saturated heterocycles. The van der Waals surface area contributed by atoms with E-state index in [1.54, 1.807) is 12.1 Å². The van der Waals surface area contributed by atoms with Gasteiger partial charge in [-0.25, -0.2) is 0 Å². The van der Waals surface area contributed by atoms with Crippen LogP contribution in [0.3, 0.4) is 0 Å². The molecule has 0 unspecified atom stereocenters. The predicted molar refractivity (Wildman–Crippen MR) is 83.6 cm³/mol. The van der Waals surface area contributed by atoms with E-state index in [0.717, 1.165) is 6.54 Å². The van der Waals surface area contributed by atoms with Crippen LogP contribution in [0.15, 0.2) is 54.6 Å². The number of aliphatic hydroxyl groups excluding tert-OH is 1. The lowest BCUT2D eigenvalue weighted by atomic mass is 10.2. The van der Waals surface area contributed by atoms with Crippen LogP contribution in [0.25, 0.3) is 0 Å². The fourth-order valence-corrected chi connectivity index (χ4v) is 2.81. The van der Waals surface area contributed by atoms with E-state index in [9.17, 15) is 5.11 Å². The second-order valence-electron chi connectivity index (χ2n) is 5.36. The molecular formula is C17H18ClNO2. The lowest BCUT2D eigenvalue weighted by molar-refractivity contribution is 0.0737. The molecule has 4 heteroatoms. The normalized spacial score (nSPS) is 22.4. The van der Waals surface area contributed by atoms with E-state index in [0.29, 0.717) is 23.9 Å². The van der Waals surface area contributed by atoms with Crippen molar-refractivity contribution in [3.05, 3.63) is 65.2 Å². The van der Waals surface area contributed by atoms with E-state index in [1.165, 1.54) is 5.56 Å². The van der Waals surface area contributed by atoms with Crippen LogP contribution in [-0.4, -0.2) is 35.3 Å². The van der Waals surface area contributed by atoms with Gasteiger partial charge in [-0.15, -0.1) is 0 Å². The molecule has 0 saturated carbocycles. The molecule has 1 aliphatic heterocycles. The first kappa shape index (κ1) is 14.4. The van der Waals surface area contributed by atoms with Crippen molar-refractivity contribution in [2.45, 2.75) is 18.8 Å². The molecule has 2 aromatic carbocycles. The highest BCUT2D eigenvalue weighted by atomic mass is 35.5. The molecule has 0 aliphatic carbocycles. The van der Waals surface area contributed by atoms with Crippen LogP contribution >= 0.6 is 11.6 Å². The summed E-state index contributed by atoms with van der Waals surface area (Å²) < 4.78 is 5.86. The molecule has 0 amide bonds. The molecule has 0 radical (unpaired) electrons. The Morgan fingerprint density at radius 1 is 1.10 bits per heavy atom. The summed E-state index contributed by atoms with van der Waals surface area (Å²) in [6.07, 6.45) is -0.695. The minimum Gasteiger partial charge on any atom is -0.486 e. The minimum absolute atomic E-state index is 0.216. The van der Waals surface area contributed by atoms with Gasteiger partial charge in [0.1, 0.15) is 18.0 Å². The fraction of sp³-hybridized carbons (Fsp3) is 0.294. The quantitative estimate of drug-likeness (QED) is 0.942. The number of halogens is 1. The summed E-state index contributed by atoms with van der Waals surface area (Å²) in [5.41, 5.74) is 1.24. The molecule has 2 atom stereocenters. The van der Waals surface area contributed by atoms with Gasteiger partial charge in [-0.05, 0) is 23.8 Å². The summed E-state index contributed by atoms with van der Waals surface area (Å²) in [6.45, 7) is 2.16. The molecule has 1 heterocycles. The molecule has 1 fully saturated rings. The molecule has 2 aromatic rings. The summed E-state index contributed by atoms with van der Waals surface area (Å²) in [7, 11) is 0. The van der Waals surface area contributed by atoms with Crippen molar-refractivity contribution >= 4 is 11.6 Å². The second kappa shape index (κ2) is 6.48. The predicted octanol–water partition coefficient (Wildman–Crippen LogP) is 2.96. The van der Waals surface area contributed by atoms with Crippen LogP contribution in [0, 0.1) is 0 Å². The third-order valence-electron chi connectivity index (χ3n) is 3.65. The van der Waals surface area contributed by atoms with Gasteiger partial charge < -0.3 is 9.84 Å². The molecule has 1 aliphatic rings. The van der Waals surface area contributed by atoms with E-state index >= 15 is 0 Å². The maximum atomic E-state index is 10.2. The summed E-state index contributed by atoms with van der Waals surface area (Å²) in [5, 5.41) is 10.8. The fourth-order valence-electron chi connectivity index (χ4n) is 2.63. The number of hydrogen-bond acceptors (Lipinski definition) is 3.